The SMILES string of the molecule is C[C@H]1COCCN1c1cc(C2(S(=O)(=O)c3ccccc3)CC2)nc(Cl)n1. The number of aromatic nitrogens is 2. The van der Waals surface area contributed by atoms with E-state index in [0.29, 0.717) is 49.0 Å². The molecule has 26 heavy (non-hydrogen) atoms. The molecular formula is C18H20ClN3O3S. The Kier molecular flexibility index (Phi) is 4.41. The van der Waals surface area contributed by atoms with Crippen molar-refractivity contribution in [2.24, 2.45) is 0 Å². The van der Waals surface area contributed by atoms with Gasteiger partial charge in [0.15, 0.2) is 9.84 Å². The third-order valence-electron chi connectivity index (χ3n) is 5.09. The van der Waals surface area contributed by atoms with Gasteiger partial charge in [0.2, 0.25) is 5.28 Å². The fraction of sp³-hybridized carbons (Fsp3) is 0.444. The number of hydrogen-bond acceptors (Lipinski definition) is 6. The zero-order valence-electron chi connectivity index (χ0n) is 14.4. The highest BCUT2D eigenvalue weighted by Crippen LogP contribution is 2.55. The van der Waals surface area contributed by atoms with Gasteiger partial charge in [0, 0.05) is 12.6 Å². The molecule has 0 spiro atoms. The summed E-state index contributed by atoms with van der Waals surface area (Å²) in [6.07, 6.45) is 1.07. The van der Waals surface area contributed by atoms with Crippen LogP contribution in [-0.2, 0) is 19.3 Å². The number of hydrogen-bond donors (Lipinski definition) is 0. The van der Waals surface area contributed by atoms with E-state index in [0.717, 1.165) is 0 Å². The van der Waals surface area contributed by atoms with Crippen LogP contribution in [0.15, 0.2) is 41.3 Å². The zero-order valence-corrected chi connectivity index (χ0v) is 16.0. The summed E-state index contributed by atoms with van der Waals surface area (Å²) in [6, 6.07) is 10.4. The Balaban J connectivity index is 1.76. The number of morpholine rings is 1. The van der Waals surface area contributed by atoms with Gasteiger partial charge in [-0.1, -0.05) is 18.2 Å². The molecule has 8 heteroatoms. The van der Waals surface area contributed by atoms with Gasteiger partial charge in [0.1, 0.15) is 10.6 Å². The molecule has 2 aliphatic rings. The maximum absolute atomic E-state index is 13.2. The summed E-state index contributed by atoms with van der Waals surface area (Å²) in [5.41, 5.74) is 0.482. The summed E-state index contributed by atoms with van der Waals surface area (Å²) < 4.78 is 30.9. The van der Waals surface area contributed by atoms with Gasteiger partial charge in [0.25, 0.3) is 0 Å². The normalized spacial score (nSPS) is 22.2. The third kappa shape index (κ3) is 2.88. The summed E-state index contributed by atoms with van der Waals surface area (Å²) in [5.74, 6) is 0.658. The second-order valence-corrected chi connectivity index (χ2v) is 9.41. The first-order chi connectivity index (χ1) is 12.4. The van der Waals surface area contributed by atoms with Gasteiger partial charge in [-0.05, 0) is 43.5 Å². The fourth-order valence-corrected chi connectivity index (χ4v) is 5.62. The van der Waals surface area contributed by atoms with Gasteiger partial charge in [-0.25, -0.2) is 18.4 Å². The van der Waals surface area contributed by atoms with E-state index in [1.165, 1.54) is 0 Å². The minimum atomic E-state index is -3.55. The number of benzene rings is 1. The Labute approximate surface area is 158 Å². The van der Waals surface area contributed by atoms with Crippen molar-refractivity contribution in [3.8, 4) is 0 Å². The fourth-order valence-electron chi connectivity index (χ4n) is 3.46. The van der Waals surface area contributed by atoms with Crippen LogP contribution in [0.1, 0.15) is 25.5 Å². The Bertz CT molecular complexity index is 917. The lowest BCUT2D eigenvalue weighted by Gasteiger charge is -2.34. The molecule has 1 saturated carbocycles. The maximum Gasteiger partial charge on any atom is 0.224 e. The largest absolute Gasteiger partial charge is 0.377 e. The molecule has 1 aliphatic carbocycles. The lowest BCUT2D eigenvalue weighted by atomic mass is 10.2. The summed E-state index contributed by atoms with van der Waals surface area (Å²) in [6.45, 7) is 3.94. The van der Waals surface area contributed by atoms with Gasteiger partial charge in [-0.3, -0.25) is 0 Å². The molecule has 1 aromatic carbocycles. The van der Waals surface area contributed by atoms with Crippen molar-refractivity contribution >= 4 is 27.3 Å². The van der Waals surface area contributed by atoms with E-state index in [9.17, 15) is 8.42 Å². The van der Waals surface area contributed by atoms with Crippen molar-refractivity contribution in [3.05, 3.63) is 47.4 Å². The second-order valence-electron chi connectivity index (χ2n) is 6.81. The first-order valence-corrected chi connectivity index (χ1v) is 10.5. The zero-order chi connectivity index (χ0) is 18.4. The molecule has 138 valence electrons. The highest BCUT2D eigenvalue weighted by atomic mass is 35.5. The molecule has 6 nitrogen and oxygen atoms in total. The molecular weight excluding hydrogens is 374 g/mol. The molecule has 4 rings (SSSR count). The Hall–Kier alpha value is -1.70. The van der Waals surface area contributed by atoms with Gasteiger partial charge in [-0.15, -0.1) is 0 Å². The maximum atomic E-state index is 13.2. The smallest absolute Gasteiger partial charge is 0.224 e. The molecule has 0 bridgehead atoms. The Morgan fingerprint density at radius 2 is 1.96 bits per heavy atom. The summed E-state index contributed by atoms with van der Waals surface area (Å²) in [7, 11) is -3.55. The molecule has 0 N–H and O–H groups in total. The summed E-state index contributed by atoms with van der Waals surface area (Å²) >= 11 is 6.17. The van der Waals surface area contributed by atoms with Crippen molar-refractivity contribution in [3.63, 3.8) is 0 Å². The third-order valence-corrected chi connectivity index (χ3v) is 7.79. The van der Waals surface area contributed by atoms with E-state index >= 15 is 0 Å². The first-order valence-electron chi connectivity index (χ1n) is 8.63. The molecule has 1 aromatic heterocycles. The average molecular weight is 394 g/mol. The van der Waals surface area contributed by atoms with E-state index in [4.69, 9.17) is 16.3 Å². The molecule has 2 aromatic rings. The first kappa shape index (κ1) is 17.7. The van der Waals surface area contributed by atoms with Crippen LogP contribution in [0.2, 0.25) is 5.28 Å². The lowest BCUT2D eigenvalue weighted by Crippen LogP contribution is -2.44. The number of anilines is 1. The molecule has 1 aliphatic heterocycles. The molecule has 2 heterocycles. The van der Waals surface area contributed by atoms with Crippen molar-refractivity contribution in [1.82, 2.24) is 9.97 Å². The highest BCUT2D eigenvalue weighted by Gasteiger charge is 2.58. The number of sulfone groups is 1. The minimum absolute atomic E-state index is 0.0747. The summed E-state index contributed by atoms with van der Waals surface area (Å²) in [4.78, 5) is 11.0. The van der Waals surface area contributed by atoms with Crippen LogP contribution < -0.4 is 4.90 Å². The highest BCUT2D eigenvalue weighted by molar-refractivity contribution is 7.92. The topological polar surface area (TPSA) is 72.4 Å². The predicted octanol–water partition coefficient (Wildman–Crippen LogP) is 2.82. The van der Waals surface area contributed by atoms with E-state index in [2.05, 4.69) is 14.9 Å². The van der Waals surface area contributed by atoms with Gasteiger partial charge < -0.3 is 9.64 Å². The van der Waals surface area contributed by atoms with Crippen molar-refractivity contribution in [2.45, 2.75) is 35.4 Å². The monoisotopic (exact) mass is 393 g/mol. The van der Waals surface area contributed by atoms with Crippen LogP contribution >= 0.6 is 11.6 Å². The van der Waals surface area contributed by atoms with Crippen LogP contribution in [0, 0.1) is 0 Å². The molecule has 0 unspecified atom stereocenters. The molecule has 1 atom stereocenters. The van der Waals surface area contributed by atoms with Crippen LogP contribution in [0.5, 0.6) is 0 Å². The van der Waals surface area contributed by atoms with Crippen LogP contribution in [0.3, 0.4) is 0 Å². The van der Waals surface area contributed by atoms with Crippen molar-refractivity contribution < 1.29 is 13.2 Å². The lowest BCUT2D eigenvalue weighted by molar-refractivity contribution is 0.0985. The molecule has 0 amide bonds. The van der Waals surface area contributed by atoms with Crippen LogP contribution in [0.25, 0.3) is 0 Å². The standard InChI is InChI=1S/C18H20ClN3O3S/c1-13-12-25-10-9-22(13)16-11-15(20-17(19)21-16)18(7-8-18)26(23,24)14-5-3-2-4-6-14/h2-6,11,13H,7-10,12H2,1H3/t13-/m0/s1. The van der Waals surface area contributed by atoms with E-state index in [1.807, 2.05) is 6.92 Å². The van der Waals surface area contributed by atoms with Crippen molar-refractivity contribution in [1.29, 1.82) is 0 Å². The van der Waals surface area contributed by atoms with E-state index in [-0.39, 0.29) is 11.3 Å². The van der Waals surface area contributed by atoms with Crippen LogP contribution in [-0.4, -0.2) is 44.2 Å². The Morgan fingerprint density at radius 3 is 2.62 bits per heavy atom. The minimum Gasteiger partial charge on any atom is -0.377 e. The number of halogens is 1. The number of ether oxygens (including phenoxy) is 1. The number of rotatable bonds is 4. The Morgan fingerprint density at radius 1 is 1.23 bits per heavy atom. The van der Waals surface area contributed by atoms with Gasteiger partial charge in [0.05, 0.1) is 29.8 Å². The van der Waals surface area contributed by atoms with E-state index < -0.39 is 14.6 Å². The molecule has 2 fully saturated rings. The van der Waals surface area contributed by atoms with Crippen molar-refractivity contribution in [2.75, 3.05) is 24.7 Å². The second kappa shape index (κ2) is 6.48. The quantitative estimate of drug-likeness (QED) is 0.744. The van der Waals surface area contributed by atoms with Crippen LogP contribution in [0.4, 0.5) is 5.82 Å². The molecule has 1 saturated heterocycles. The average Bonchev–Trinajstić information content (AvgIpc) is 3.45. The van der Waals surface area contributed by atoms with Gasteiger partial charge >= 0.3 is 0 Å². The molecule has 0 radical (unpaired) electrons. The summed E-state index contributed by atoms with van der Waals surface area (Å²) in [5, 5.41) is 0.0747. The van der Waals surface area contributed by atoms with E-state index in [1.54, 1.807) is 36.4 Å². The van der Waals surface area contributed by atoms with Gasteiger partial charge in [-0.2, -0.15) is 0 Å². The number of nitrogens with zero attached hydrogens (tertiary/aromatic N) is 3. The predicted molar refractivity (Wildman–Crippen MR) is 99.2 cm³/mol.